The van der Waals surface area contributed by atoms with Gasteiger partial charge in [0.1, 0.15) is 6.61 Å². The molecule has 0 fully saturated rings. The number of anilines is 1. The molecular formula is C21H24BrN3O4. The van der Waals surface area contributed by atoms with Crippen LogP contribution < -0.4 is 16.4 Å². The van der Waals surface area contributed by atoms with E-state index >= 15 is 0 Å². The largest absolute Gasteiger partial charge is 0.445 e. The molecular weight excluding hydrogens is 438 g/mol. The van der Waals surface area contributed by atoms with Crippen LogP contribution in [0.2, 0.25) is 0 Å². The maximum absolute atomic E-state index is 12.4. The Labute approximate surface area is 178 Å². The third-order valence-corrected chi connectivity index (χ3v) is 4.74. The maximum Gasteiger partial charge on any atom is 0.407 e. The number of nitrogens with one attached hydrogen (secondary N) is 2. The third kappa shape index (κ3) is 7.57. The van der Waals surface area contributed by atoms with Gasteiger partial charge < -0.3 is 21.1 Å². The van der Waals surface area contributed by atoms with Crippen molar-refractivity contribution in [2.75, 3.05) is 11.9 Å². The van der Waals surface area contributed by atoms with Crippen LogP contribution in [-0.4, -0.2) is 24.5 Å². The van der Waals surface area contributed by atoms with Gasteiger partial charge in [0.05, 0.1) is 11.3 Å². The molecule has 2 aromatic rings. The van der Waals surface area contributed by atoms with Gasteiger partial charge >= 0.3 is 6.09 Å². The number of alkyl carbamates (subject to hydrolysis) is 1. The predicted octanol–water partition coefficient (Wildman–Crippen LogP) is 3.83. The maximum atomic E-state index is 12.4. The number of amides is 3. The molecule has 0 aliphatic carbocycles. The molecule has 0 aromatic heterocycles. The summed E-state index contributed by atoms with van der Waals surface area (Å²) in [5.74, 6) is -1.15. The molecule has 8 heteroatoms. The molecule has 29 heavy (non-hydrogen) atoms. The fourth-order valence-corrected chi connectivity index (χ4v) is 2.96. The van der Waals surface area contributed by atoms with E-state index in [-0.39, 0.29) is 24.0 Å². The summed E-state index contributed by atoms with van der Waals surface area (Å²) in [5, 5.41) is 5.41. The Morgan fingerprint density at radius 2 is 1.86 bits per heavy atom. The van der Waals surface area contributed by atoms with Gasteiger partial charge in [-0.15, -0.1) is 0 Å². The second-order valence-electron chi connectivity index (χ2n) is 6.58. The second-order valence-corrected chi connectivity index (χ2v) is 7.49. The van der Waals surface area contributed by atoms with E-state index in [0.29, 0.717) is 25.1 Å². The smallest absolute Gasteiger partial charge is 0.407 e. The summed E-state index contributed by atoms with van der Waals surface area (Å²) < 4.78 is 5.86. The Morgan fingerprint density at radius 3 is 2.55 bits per heavy atom. The number of hydrogen-bond donors (Lipinski definition) is 3. The van der Waals surface area contributed by atoms with Gasteiger partial charge in [0.25, 0.3) is 5.91 Å². The van der Waals surface area contributed by atoms with Crippen LogP contribution in [0.4, 0.5) is 10.5 Å². The van der Waals surface area contributed by atoms with E-state index in [4.69, 9.17) is 10.5 Å². The molecule has 0 spiro atoms. The van der Waals surface area contributed by atoms with Crippen molar-refractivity contribution in [1.82, 2.24) is 5.32 Å². The molecule has 0 radical (unpaired) electrons. The first-order chi connectivity index (χ1) is 13.9. The van der Waals surface area contributed by atoms with Crippen LogP contribution in [-0.2, 0) is 16.1 Å². The normalized spacial score (nSPS) is 11.4. The number of carbonyl (C=O) groups excluding carboxylic acids is 3. The summed E-state index contributed by atoms with van der Waals surface area (Å²) in [4.78, 5) is 35.6. The molecule has 0 saturated carbocycles. The molecule has 2 aromatic carbocycles. The van der Waals surface area contributed by atoms with Crippen molar-refractivity contribution in [3.63, 3.8) is 0 Å². The zero-order valence-corrected chi connectivity index (χ0v) is 17.7. The van der Waals surface area contributed by atoms with Gasteiger partial charge in [-0.25, -0.2) is 4.79 Å². The zero-order chi connectivity index (χ0) is 21.2. The minimum absolute atomic E-state index is 0.209. The highest BCUT2D eigenvalue weighted by molar-refractivity contribution is 9.10. The minimum atomic E-state index is -0.612. The first kappa shape index (κ1) is 22.4. The van der Waals surface area contributed by atoms with Crippen LogP contribution in [0.15, 0.2) is 53.0 Å². The van der Waals surface area contributed by atoms with Gasteiger partial charge in [-0.05, 0) is 36.6 Å². The summed E-state index contributed by atoms with van der Waals surface area (Å²) >= 11 is 3.31. The first-order valence-corrected chi connectivity index (χ1v) is 10.0. The Hall–Kier alpha value is -2.87. The summed E-state index contributed by atoms with van der Waals surface area (Å²) in [7, 11) is 0. The molecule has 0 bridgehead atoms. The summed E-state index contributed by atoms with van der Waals surface area (Å²) in [5.41, 5.74) is 6.87. The van der Waals surface area contributed by atoms with Gasteiger partial charge in [0.2, 0.25) is 5.91 Å². The highest BCUT2D eigenvalue weighted by Crippen LogP contribution is 2.22. The number of carbonyl (C=O) groups is 3. The van der Waals surface area contributed by atoms with Crippen molar-refractivity contribution in [2.24, 2.45) is 11.7 Å². The van der Waals surface area contributed by atoms with E-state index in [9.17, 15) is 14.4 Å². The van der Waals surface area contributed by atoms with E-state index < -0.39 is 12.0 Å². The lowest BCUT2D eigenvalue weighted by Crippen LogP contribution is -2.27. The standard InChI is InChI=1S/C21H24BrN3O4/c1-14(20(27)25-18-12-16(22)9-10-17(18)19(23)26)6-5-11-24-21(28)29-13-15-7-3-2-4-8-15/h2-4,7-10,12,14H,5-6,11,13H2,1H3,(H2,23,26)(H,24,28)(H,25,27)/t14-/m0/s1. The van der Waals surface area contributed by atoms with E-state index in [1.807, 2.05) is 30.3 Å². The van der Waals surface area contributed by atoms with Gasteiger partial charge in [-0.1, -0.05) is 53.2 Å². The Kier molecular flexibility index (Phi) is 8.67. The second kappa shape index (κ2) is 11.2. The SMILES string of the molecule is C[C@@H](CCCNC(=O)OCc1ccccc1)C(=O)Nc1cc(Br)ccc1C(N)=O. The fourth-order valence-electron chi connectivity index (χ4n) is 2.59. The molecule has 0 saturated heterocycles. The van der Waals surface area contributed by atoms with E-state index in [0.717, 1.165) is 10.0 Å². The fraction of sp³-hybridized carbons (Fsp3) is 0.286. The van der Waals surface area contributed by atoms with Gasteiger partial charge in [-0.2, -0.15) is 0 Å². The number of benzene rings is 2. The lowest BCUT2D eigenvalue weighted by molar-refractivity contribution is -0.119. The number of ether oxygens (including phenoxy) is 1. The molecule has 1 atom stereocenters. The van der Waals surface area contributed by atoms with Gasteiger partial charge in [0, 0.05) is 16.9 Å². The molecule has 0 aliphatic rings. The Balaban J connectivity index is 1.71. The zero-order valence-electron chi connectivity index (χ0n) is 16.1. The number of rotatable bonds is 9. The van der Waals surface area contributed by atoms with Crippen LogP contribution in [0, 0.1) is 5.92 Å². The van der Waals surface area contributed by atoms with E-state index in [2.05, 4.69) is 26.6 Å². The summed E-state index contributed by atoms with van der Waals surface area (Å²) in [6.45, 7) is 2.39. The van der Waals surface area contributed by atoms with Crippen LogP contribution in [0.5, 0.6) is 0 Å². The van der Waals surface area contributed by atoms with Crippen molar-refractivity contribution in [1.29, 1.82) is 0 Å². The molecule has 7 nitrogen and oxygen atoms in total. The molecule has 154 valence electrons. The Bertz CT molecular complexity index is 858. The molecule has 0 aliphatic heterocycles. The lowest BCUT2D eigenvalue weighted by Gasteiger charge is -2.14. The molecule has 4 N–H and O–H groups in total. The quantitative estimate of drug-likeness (QED) is 0.492. The van der Waals surface area contributed by atoms with Crippen molar-refractivity contribution >= 4 is 39.5 Å². The third-order valence-electron chi connectivity index (χ3n) is 4.25. The topological polar surface area (TPSA) is 111 Å². The number of hydrogen-bond acceptors (Lipinski definition) is 4. The van der Waals surface area contributed by atoms with E-state index in [1.54, 1.807) is 25.1 Å². The molecule has 0 heterocycles. The first-order valence-electron chi connectivity index (χ1n) is 9.21. The van der Waals surface area contributed by atoms with Gasteiger partial charge in [0.15, 0.2) is 0 Å². The highest BCUT2D eigenvalue weighted by Gasteiger charge is 2.16. The molecule has 3 amide bonds. The number of nitrogens with two attached hydrogens (primary N) is 1. The van der Waals surface area contributed by atoms with Crippen LogP contribution in [0.3, 0.4) is 0 Å². The number of primary amides is 1. The predicted molar refractivity (Wildman–Crippen MR) is 114 cm³/mol. The highest BCUT2D eigenvalue weighted by atomic mass is 79.9. The van der Waals surface area contributed by atoms with Crippen LogP contribution in [0.1, 0.15) is 35.7 Å². The minimum Gasteiger partial charge on any atom is -0.445 e. The lowest BCUT2D eigenvalue weighted by atomic mass is 10.0. The average Bonchev–Trinajstić information content (AvgIpc) is 2.70. The van der Waals surface area contributed by atoms with Crippen molar-refractivity contribution in [2.45, 2.75) is 26.4 Å². The monoisotopic (exact) mass is 461 g/mol. The average molecular weight is 462 g/mol. The van der Waals surface area contributed by atoms with Crippen molar-refractivity contribution in [3.05, 3.63) is 64.1 Å². The molecule has 2 rings (SSSR count). The van der Waals surface area contributed by atoms with Crippen LogP contribution in [0.25, 0.3) is 0 Å². The summed E-state index contributed by atoms with van der Waals surface area (Å²) in [6, 6.07) is 14.3. The number of halogens is 1. The Morgan fingerprint density at radius 1 is 1.14 bits per heavy atom. The van der Waals surface area contributed by atoms with Gasteiger partial charge in [-0.3, -0.25) is 9.59 Å². The van der Waals surface area contributed by atoms with Crippen LogP contribution >= 0.6 is 15.9 Å². The summed E-state index contributed by atoms with van der Waals surface area (Å²) in [6.07, 6.45) is 0.673. The van der Waals surface area contributed by atoms with Crippen molar-refractivity contribution < 1.29 is 19.1 Å². The molecule has 0 unspecified atom stereocenters. The van der Waals surface area contributed by atoms with E-state index in [1.165, 1.54) is 0 Å². The van der Waals surface area contributed by atoms with Crippen molar-refractivity contribution in [3.8, 4) is 0 Å².